The molecule has 1 amide bonds. The normalized spacial score (nSPS) is 11.5. The Labute approximate surface area is 138 Å². The fraction of sp³-hybridized carbons (Fsp3) is 0. The predicted molar refractivity (Wildman–Crippen MR) is 86.3 cm³/mol. The fourth-order valence-electron chi connectivity index (χ4n) is 1.52. The van der Waals surface area contributed by atoms with Crippen molar-refractivity contribution in [3.63, 3.8) is 0 Å². The highest BCUT2D eigenvalue weighted by Crippen LogP contribution is 2.32. The predicted octanol–water partition coefficient (Wildman–Crippen LogP) is 4.06. The van der Waals surface area contributed by atoms with Gasteiger partial charge in [0.05, 0.1) is 20.6 Å². The lowest BCUT2D eigenvalue weighted by Crippen LogP contribution is -2.15. The number of anilines is 1. The molecule has 0 aliphatic heterocycles. The molecule has 4 N–H and O–H groups in total. The molecule has 0 radical (unpaired) electrons. The van der Waals surface area contributed by atoms with E-state index in [-0.39, 0.29) is 15.7 Å². The van der Waals surface area contributed by atoms with Gasteiger partial charge in [0.2, 0.25) is 0 Å². The van der Waals surface area contributed by atoms with E-state index in [1.807, 2.05) is 0 Å². The average Bonchev–Trinajstić information content (AvgIpc) is 2.79. The summed E-state index contributed by atoms with van der Waals surface area (Å²) in [6.07, 6.45) is 0. The standard InChI is InChI=1S/C12H8Cl3N3O2S/c13-7-2-1-5(11(16)18-20)3-8(7)17-12(19)6-4-9(14)21-10(6)15/h1-4,20H,(H2,16,18)(H,17,19). The Morgan fingerprint density at radius 1 is 1.29 bits per heavy atom. The molecule has 21 heavy (non-hydrogen) atoms. The summed E-state index contributed by atoms with van der Waals surface area (Å²) in [5, 5.41) is 14.4. The number of oxime groups is 1. The van der Waals surface area contributed by atoms with Crippen molar-refractivity contribution in [2.45, 2.75) is 0 Å². The number of benzene rings is 1. The Kier molecular flexibility index (Phi) is 4.95. The van der Waals surface area contributed by atoms with Crippen LogP contribution in [0.5, 0.6) is 0 Å². The van der Waals surface area contributed by atoms with Gasteiger partial charge in [-0.15, -0.1) is 11.3 Å². The number of carbonyl (C=O) groups excluding carboxylic acids is 1. The number of carbonyl (C=O) groups is 1. The zero-order valence-corrected chi connectivity index (χ0v) is 13.3. The molecule has 0 unspecified atom stereocenters. The van der Waals surface area contributed by atoms with Crippen molar-refractivity contribution in [2.24, 2.45) is 10.9 Å². The van der Waals surface area contributed by atoms with Crippen molar-refractivity contribution < 1.29 is 10.0 Å². The number of nitrogens with two attached hydrogens (primary N) is 1. The summed E-state index contributed by atoms with van der Waals surface area (Å²) in [6, 6.07) is 6.02. The molecule has 110 valence electrons. The Morgan fingerprint density at radius 3 is 2.57 bits per heavy atom. The van der Waals surface area contributed by atoms with E-state index in [0.717, 1.165) is 11.3 Å². The first-order valence-electron chi connectivity index (χ1n) is 5.46. The van der Waals surface area contributed by atoms with Crippen molar-refractivity contribution in [3.05, 3.63) is 49.1 Å². The molecular formula is C12H8Cl3N3O2S. The van der Waals surface area contributed by atoms with Crippen molar-refractivity contribution in [1.82, 2.24) is 0 Å². The summed E-state index contributed by atoms with van der Waals surface area (Å²) in [6.45, 7) is 0. The van der Waals surface area contributed by atoms with E-state index in [9.17, 15) is 4.79 Å². The van der Waals surface area contributed by atoms with Gasteiger partial charge < -0.3 is 16.3 Å². The third-order valence-electron chi connectivity index (χ3n) is 2.52. The molecule has 9 heteroatoms. The van der Waals surface area contributed by atoms with Crippen LogP contribution in [0.2, 0.25) is 13.7 Å². The van der Waals surface area contributed by atoms with Gasteiger partial charge >= 0.3 is 0 Å². The highest BCUT2D eigenvalue weighted by atomic mass is 35.5. The second kappa shape index (κ2) is 6.53. The molecule has 0 aliphatic carbocycles. The number of hydrogen-bond donors (Lipinski definition) is 3. The van der Waals surface area contributed by atoms with Crippen LogP contribution in [0.3, 0.4) is 0 Å². The minimum atomic E-state index is -0.457. The maximum absolute atomic E-state index is 12.1. The zero-order chi connectivity index (χ0) is 15.6. The molecule has 2 rings (SSSR count). The first-order chi connectivity index (χ1) is 9.92. The van der Waals surface area contributed by atoms with E-state index < -0.39 is 5.91 Å². The lowest BCUT2D eigenvalue weighted by atomic mass is 10.2. The number of thiophene rings is 1. The van der Waals surface area contributed by atoms with Crippen LogP contribution < -0.4 is 11.1 Å². The van der Waals surface area contributed by atoms with Crippen LogP contribution in [0.1, 0.15) is 15.9 Å². The summed E-state index contributed by atoms with van der Waals surface area (Å²) in [5.74, 6) is -0.555. The number of nitrogens with one attached hydrogen (secondary N) is 1. The number of hydrogen-bond acceptors (Lipinski definition) is 4. The van der Waals surface area contributed by atoms with Gasteiger partial charge in [-0.3, -0.25) is 4.79 Å². The van der Waals surface area contributed by atoms with Gasteiger partial charge in [0.25, 0.3) is 5.91 Å². The van der Waals surface area contributed by atoms with Crippen LogP contribution in [-0.4, -0.2) is 17.0 Å². The number of amidine groups is 1. The molecule has 1 aromatic heterocycles. The third-order valence-corrected chi connectivity index (χ3v) is 4.34. The fourth-order valence-corrected chi connectivity index (χ4v) is 3.15. The molecule has 0 aliphatic rings. The van der Waals surface area contributed by atoms with Gasteiger partial charge in [-0.2, -0.15) is 0 Å². The third kappa shape index (κ3) is 3.59. The Morgan fingerprint density at radius 2 is 2.00 bits per heavy atom. The van der Waals surface area contributed by atoms with E-state index in [1.54, 1.807) is 6.07 Å². The maximum atomic E-state index is 12.1. The molecule has 0 saturated carbocycles. The second-order valence-electron chi connectivity index (χ2n) is 3.87. The molecule has 0 fully saturated rings. The highest BCUT2D eigenvalue weighted by Gasteiger charge is 2.16. The van der Waals surface area contributed by atoms with Gasteiger partial charge in [0.1, 0.15) is 4.34 Å². The number of amides is 1. The van der Waals surface area contributed by atoms with Crippen LogP contribution in [-0.2, 0) is 0 Å². The summed E-state index contributed by atoms with van der Waals surface area (Å²) in [4.78, 5) is 12.1. The van der Waals surface area contributed by atoms with Crippen molar-refractivity contribution in [2.75, 3.05) is 5.32 Å². The van der Waals surface area contributed by atoms with Crippen molar-refractivity contribution in [1.29, 1.82) is 0 Å². The molecule has 2 aromatic rings. The van der Waals surface area contributed by atoms with Crippen LogP contribution in [0, 0.1) is 0 Å². The Balaban J connectivity index is 2.31. The number of nitrogens with zero attached hydrogens (tertiary/aromatic N) is 1. The monoisotopic (exact) mass is 363 g/mol. The minimum absolute atomic E-state index is 0.0984. The summed E-state index contributed by atoms with van der Waals surface area (Å²) in [5.41, 5.74) is 6.46. The van der Waals surface area contributed by atoms with Gasteiger partial charge in [-0.1, -0.05) is 40.0 Å². The highest BCUT2D eigenvalue weighted by molar-refractivity contribution is 7.20. The van der Waals surface area contributed by atoms with Gasteiger partial charge in [-0.05, 0) is 24.3 Å². The van der Waals surface area contributed by atoms with Gasteiger partial charge in [0, 0.05) is 5.56 Å². The molecule has 0 saturated heterocycles. The van der Waals surface area contributed by atoms with Crippen LogP contribution in [0.15, 0.2) is 29.4 Å². The van der Waals surface area contributed by atoms with E-state index in [4.69, 9.17) is 45.7 Å². The summed E-state index contributed by atoms with van der Waals surface area (Å²) < 4.78 is 0.683. The lowest BCUT2D eigenvalue weighted by molar-refractivity contribution is 0.102. The van der Waals surface area contributed by atoms with E-state index >= 15 is 0 Å². The molecule has 1 aromatic carbocycles. The SMILES string of the molecule is N/C(=N/O)c1ccc(Cl)c(NC(=O)c2cc(Cl)sc2Cl)c1. The van der Waals surface area contributed by atoms with E-state index in [1.165, 1.54) is 18.2 Å². The van der Waals surface area contributed by atoms with Gasteiger partial charge in [0.15, 0.2) is 5.84 Å². The van der Waals surface area contributed by atoms with Gasteiger partial charge in [-0.25, -0.2) is 0 Å². The van der Waals surface area contributed by atoms with E-state index in [2.05, 4.69) is 10.5 Å². The molecule has 1 heterocycles. The molecule has 5 nitrogen and oxygen atoms in total. The number of rotatable bonds is 3. The lowest BCUT2D eigenvalue weighted by Gasteiger charge is -2.08. The zero-order valence-electron chi connectivity index (χ0n) is 10.2. The maximum Gasteiger partial charge on any atom is 0.258 e. The largest absolute Gasteiger partial charge is 0.409 e. The Bertz CT molecular complexity index is 731. The topological polar surface area (TPSA) is 87.7 Å². The quantitative estimate of drug-likeness (QED) is 0.332. The molecular weight excluding hydrogens is 357 g/mol. The first-order valence-corrected chi connectivity index (χ1v) is 7.41. The first kappa shape index (κ1) is 15.9. The second-order valence-corrected chi connectivity index (χ2v) is 6.56. The van der Waals surface area contributed by atoms with Crippen LogP contribution >= 0.6 is 46.1 Å². The van der Waals surface area contributed by atoms with Crippen molar-refractivity contribution >= 4 is 63.6 Å². The van der Waals surface area contributed by atoms with E-state index in [0.29, 0.717) is 20.6 Å². The van der Waals surface area contributed by atoms with Crippen molar-refractivity contribution in [3.8, 4) is 0 Å². The summed E-state index contributed by atoms with van der Waals surface area (Å²) >= 11 is 18.8. The Hall–Kier alpha value is -1.47. The smallest absolute Gasteiger partial charge is 0.258 e. The molecule has 0 atom stereocenters. The minimum Gasteiger partial charge on any atom is -0.409 e. The molecule has 0 spiro atoms. The van der Waals surface area contributed by atoms with Crippen LogP contribution in [0.25, 0.3) is 0 Å². The number of halogens is 3. The molecule has 0 bridgehead atoms. The average molecular weight is 365 g/mol. The van der Waals surface area contributed by atoms with Crippen LogP contribution in [0.4, 0.5) is 5.69 Å². The summed E-state index contributed by atoms with van der Waals surface area (Å²) in [7, 11) is 0.